The molecule has 1 aliphatic rings. The molecule has 33 heavy (non-hydrogen) atoms. The van der Waals surface area contributed by atoms with E-state index in [0.29, 0.717) is 0 Å². The van der Waals surface area contributed by atoms with Crippen molar-refractivity contribution in [3.8, 4) is 0 Å². The minimum atomic E-state index is -0.892. The van der Waals surface area contributed by atoms with Gasteiger partial charge in [-0.05, 0) is 29.3 Å². The van der Waals surface area contributed by atoms with Crippen LogP contribution in [0.2, 0.25) is 0 Å². The highest BCUT2D eigenvalue weighted by Gasteiger charge is 2.46. The Hall–Kier alpha value is -4.39. The Bertz CT molecular complexity index is 1300. The highest BCUT2D eigenvalue weighted by molar-refractivity contribution is 6.04. The number of hydrogen-bond donors (Lipinski definition) is 1. The highest BCUT2D eigenvalue weighted by atomic mass is 16.8. The number of aromatic nitrogens is 3. The summed E-state index contributed by atoms with van der Waals surface area (Å²) in [5.41, 5.74) is 2.61. The first-order valence-electron chi connectivity index (χ1n) is 10.6. The van der Waals surface area contributed by atoms with Gasteiger partial charge in [0, 0.05) is 16.9 Å². The smallest absolute Gasteiger partial charge is 0.308 e. The number of fused-ring (bicyclic) bond motifs is 1. The minimum absolute atomic E-state index is 0.0300. The normalized spacial score (nSPS) is 17.6. The van der Waals surface area contributed by atoms with Crippen molar-refractivity contribution in [3.05, 3.63) is 125 Å². The van der Waals surface area contributed by atoms with Crippen molar-refractivity contribution in [1.82, 2.24) is 15.0 Å². The van der Waals surface area contributed by atoms with Crippen LogP contribution in [-0.4, -0.2) is 37.9 Å². The summed E-state index contributed by atoms with van der Waals surface area (Å²) in [6, 6.07) is 27.7. The van der Waals surface area contributed by atoms with Crippen molar-refractivity contribution in [2.45, 2.75) is 5.54 Å². The molecule has 5 rings (SSSR count). The van der Waals surface area contributed by atoms with Gasteiger partial charge in [0.25, 0.3) is 0 Å². The van der Waals surface area contributed by atoms with E-state index in [1.165, 1.54) is 7.11 Å². The summed E-state index contributed by atoms with van der Waals surface area (Å²) < 4.78 is 5.48. The van der Waals surface area contributed by atoms with Crippen LogP contribution in [0.1, 0.15) is 11.1 Å². The van der Waals surface area contributed by atoms with Gasteiger partial charge < -0.3 is 9.94 Å². The molecule has 0 spiro atoms. The van der Waals surface area contributed by atoms with E-state index in [-0.39, 0.29) is 22.3 Å². The van der Waals surface area contributed by atoms with E-state index in [4.69, 9.17) is 14.9 Å². The van der Waals surface area contributed by atoms with Crippen LogP contribution < -0.4 is 0 Å². The molecule has 0 aliphatic heterocycles. The van der Waals surface area contributed by atoms with Crippen LogP contribution in [0.25, 0.3) is 11.0 Å². The molecule has 1 aromatic heterocycles. The molecular weight excluding hydrogens is 416 g/mol. The lowest BCUT2D eigenvalue weighted by Gasteiger charge is -2.39. The third-order valence-corrected chi connectivity index (χ3v) is 5.98. The van der Waals surface area contributed by atoms with Gasteiger partial charge in [-0.25, -0.2) is 0 Å². The molecule has 4 aromatic rings. The summed E-state index contributed by atoms with van der Waals surface area (Å²) in [4.78, 5) is 1.56. The van der Waals surface area contributed by atoms with E-state index >= 15 is 0 Å². The van der Waals surface area contributed by atoms with Crippen LogP contribution in [0.4, 0.5) is 0 Å². The summed E-state index contributed by atoms with van der Waals surface area (Å²) >= 11 is 0. The first-order valence-corrected chi connectivity index (χ1v) is 10.6. The van der Waals surface area contributed by atoms with Crippen LogP contribution in [0.5, 0.6) is 0 Å². The Kier molecular flexibility index (Phi) is 5.14. The van der Waals surface area contributed by atoms with E-state index in [0.717, 1.165) is 22.2 Å². The SMILES string of the molecule is COC1=CC(C(c2ccccc2)(c2ccccc2)n2nc3ccccc3n2)C=C/C1=[N+](/[O-])O. The number of ether oxygens (including phenoxy) is 1. The van der Waals surface area contributed by atoms with Crippen molar-refractivity contribution in [1.29, 1.82) is 0 Å². The molecule has 0 amide bonds. The number of nitrogens with zero attached hydrogens (tertiary/aromatic N) is 4. The number of methoxy groups -OCH3 is 1. The first-order chi connectivity index (χ1) is 16.1. The molecule has 7 nitrogen and oxygen atoms in total. The van der Waals surface area contributed by atoms with E-state index in [1.54, 1.807) is 10.9 Å². The van der Waals surface area contributed by atoms with E-state index in [9.17, 15) is 10.4 Å². The summed E-state index contributed by atoms with van der Waals surface area (Å²) in [7, 11) is 1.47. The molecule has 164 valence electrons. The molecule has 0 saturated heterocycles. The van der Waals surface area contributed by atoms with Gasteiger partial charge in [-0.15, -0.1) is 0 Å². The number of allylic oxidation sites excluding steroid dienone is 3. The van der Waals surface area contributed by atoms with Gasteiger partial charge in [-0.3, -0.25) is 5.21 Å². The molecule has 1 heterocycles. The molecule has 1 unspecified atom stereocenters. The predicted octanol–water partition coefficient (Wildman–Crippen LogP) is 4.28. The molecule has 7 heteroatoms. The summed E-state index contributed by atoms with van der Waals surface area (Å²) in [5, 5.41) is 31.0. The molecule has 1 atom stereocenters. The Labute approximate surface area is 190 Å². The van der Waals surface area contributed by atoms with E-state index < -0.39 is 5.54 Å². The van der Waals surface area contributed by atoms with Crippen LogP contribution >= 0.6 is 0 Å². The van der Waals surface area contributed by atoms with Gasteiger partial charge in [0.15, 0.2) is 5.76 Å². The lowest BCUT2D eigenvalue weighted by Crippen LogP contribution is -2.45. The summed E-state index contributed by atoms with van der Waals surface area (Å²) in [6.07, 6.45) is 5.26. The number of benzene rings is 3. The van der Waals surface area contributed by atoms with Gasteiger partial charge in [0.1, 0.15) is 16.6 Å². The maximum atomic E-state index is 11.7. The zero-order valence-electron chi connectivity index (χ0n) is 17.9. The van der Waals surface area contributed by atoms with Crippen LogP contribution in [-0.2, 0) is 10.3 Å². The van der Waals surface area contributed by atoms with Crippen LogP contribution in [0, 0.1) is 11.1 Å². The zero-order chi connectivity index (χ0) is 22.8. The Morgan fingerprint density at radius 1 is 0.879 bits per heavy atom. The predicted molar refractivity (Wildman–Crippen MR) is 125 cm³/mol. The molecule has 0 radical (unpaired) electrons. The van der Waals surface area contributed by atoms with Crippen LogP contribution in [0.15, 0.2) is 109 Å². The molecule has 0 fully saturated rings. The van der Waals surface area contributed by atoms with Gasteiger partial charge >= 0.3 is 5.71 Å². The van der Waals surface area contributed by atoms with E-state index in [1.807, 2.05) is 97.1 Å². The average Bonchev–Trinajstić information content (AvgIpc) is 3.30. The average molecular weight is 438 g/mol. The topological polar surface area (TPSA) is 86.2 Å². The van der Waals surface area contributed by atoms with Crippen molar-refractivity contribution >= 4 is 16.7 Å². The van der Waals surface area contributed by atoms with Gasteiger partial charge in [-0.2, -0.15) is 15.0 Å². The monoisotopic (exact) mass is 438 g/mol. The second-order valence-electron chi connectivity index (χ2n) is 7.75. The largest absolute Gasteiger partial charge is 0.490 e. The highest BCUT2D eigenvalue weighted by Crippen LogP contribution is 2.43. The van der Waals surface area contributed by atoms with Gasteiger partial charge in [0.05, 0.1) is 7.11 Å². The molecule has 1 N–H and O–H groups in total. The summed E-state index contributed by atoms with van der Waals surface area (Å²) in [6.45, 7) is 0. The molecule has 0 bridgehead atoms. The Balaban J connectivity index is 1.86. The molecule has 1 aliphatic carbocycles. The second-order valence-corrected chi connectivity index (χ2v) is 7.75. The maximum absolute atomic E-state index is 11.7. The standard InChI is InChI=1S/C26H22N4O3/c1-33-25-18-21(16-17-24(25)29(31)32)26(19-10-4-2-5-11-19,20-12-6-3-7-13-20)30-27-22-14-8-9-15-23(22)28-30/h2-18,21H,1H3,(H,31,32). The minimum Gasteiger partial charge on any atom is -0.490 e. The Morgan fingerprint density at radius 2 is 1.39 bits per heavy atom. The lowest BCUT2D eigenvalue weighted by molar-refractivity contribution is -0.725. The Morgan fingerprint density at radius 3 is 1.88 bits per heavy atom. The first kappa shape index (κ1) is 20.5. The number of rotatable bonds is 5. The third kappa shape index (κ3) is 3.34. The maximum Gasteiger partial charge on any atom is 0.308 e. The van der Waals surface area contributed by atoms with Gasteiger partial charge in [-0.1, -0.05) is 78.9 Å². The number of hydrogen-bond acceptors (Lipinski definition) is 5. The second kappa shape index (κ2) is 8.27. The lowest BCUT2D eigenvalue weighted by atomic mass is 9.71. The molecule has 0 saturated carbocycles. The van der Waals surface area contributed by atoms with Crippen molar-refractivity contribution in [2.24, 2.45) is 5.92 Å². The fourth-order valence-corrected chi connectivity index (χ4v) is 4.49. The zero-order valence-corrected chi connectivity index (χ0v) is 17.9. The van der Waals surface area contributed by atoms with Crippen LogP contribution in [0.3, 0.4) is 0 Å². The molecular formula is C26H22N4O3. The van der Waals surface area contributed by atoms with Crippen molar-refractivity contribution in [3.63, 3.8) is 0 Å². The fraction of sp³-hybridized carbons (Fsp3) is 0.115. The van der Waals surface area contributed by atoms with Gasteiger partial charge in [0.2, 0.25) is 0 Å². The van der Waals surface area contributed by atoms with E-state index in [2.05, 4.69) is 0 Å². The molecule has 3 aromatic carbocycles. The third-order valence-electron chi connectivity index (χ3n) is 5.98. The van der Waals surface area contributed by atoms with Crippen molar-refractivity contribution < 1.29 is 14.8 Å². The fourth-order valence-electron chi connectivity index (χ4n) is 4.49. The summed E-state index contributed by atoms with van der Waals surface area (Å²) in [5.74, 6) is -0.0734. The van der Waals surface area contributed by atoms with Crippen molar-refractivity contribution in [2.75, 3.05) is 7.11 Å². The quantitative estimate of drug-likeness (QED) is 0.286.